The molecule has 0 unspecified atom stereocenters. The topological polar surface area (TPSA) is 77.2 Å². The third-order valence-corrected chi connectivity index (χ3v) is 2.77. The van der Waals surface area contributed by atoms with E-state index >= 15 is 0 Å². The van der Waals surface area contributed by atoms with Crippen LogP contribution in [0.4, 0.5) is 11.4 Å². The molecule has 1 aromatic heterocycles. The number of carbonyl (C=O) groups excluding carboxylic acids is 1. The van der Waals surface area contributed by atoms with Crippen molar-refractivity contribution in [3.8, 4) is 0 Å². The van der Waals surface area contributed by atoms with Gasteiger partial charge in [0.1, 0.15) is 0 Å². The van der Waals surface area contributed by atoms with Crippen molar-refractivity contribution >= 4 is 17.3 Å². The molecule has 2 aromatic rings. The fraction of sp³-hybridized carbons (Fsp3) is 0.200. The van der Waals surface area contributed by atoms with Crippen molar-refractivity contribution in [3.63, 3.8) is 0 Å². The Balaban J connectivity index is 2.16. The number of nitrogens with one attached hydrogen (secondary N) is 1. The summed E-state index contributed by atoms with van der Waals surface area (Å²) in [5, 5.41) is 3.21. The highest BCUT2D eigenvalue weighted by Crippen LogP contribution is 2.20. The van der Waals surface area contributed by atoms with Crippen molar-refractivity contribution < 1.29 is 9.53 Å². The van der Waals surface area contributed by atoms with Crippen molar-refractivity contribution in [1.82, 2.24) is 4.98 Å². The number of esters is 1. The van der Waals surface area contributed by atoms with Crippen LogP contribution >= 0.6 is 0 Å². The van der Waals surface area contributed by atoms with Gasteiger partial charge in [-0.2, -0.15) is 0 Å². The van der Waals surface area contributed by atoms with Crippen LogP contribution < -0.4 is 11.1 Å². The first kappa shape index (κ1) is 13.9. The van der Waals surface area contributed by atoms with Crippen LogP contribution in [0, 0.1) is 0 Å². The summed E-state index contributed by atoms with van der Waals surface area (Å²) < 4.78 is 5.03. The van der Waals surface area contributed by atoms with Gasteiger partial charge in [0.15, 0.2) is 0 Å². The molecule has 0 amide bonds. The standard InChI is InChI=1S/C15H17N3O2/c1-2-20-15(19)13-9-12(16)3-4-14(13)18-10-11-5-7-17-8-6-11/h3-9,18H,2,10,16H2,1H3. The Bertz CT molecular complexity index is 585. The number of carbonyl (C=O) groups is 1. The number of nitrogen functional groups attached to an aromatic ring is 1. The Morgan fingerprint density at radius 1 is 1.30 bits per heavy atom. The Hall–Kier alpha value is -2.56. The van der Waals surface area contributed by atoms with Crippen molar-refractivity contribution in [2.45, 2.75) is 13.5 Å². The average Bonchev–Trinajstić information content (AvgIpc) is 2.47. The van der Waals surface area contributed by atoms with Crippen LogP contribution in [0.15, 0.2) is 42.7 Å². The minimum atomic E-state index is -0.378. The van der Waals surface area contributed by atoms with E-state index in [0.29, 0.717) is 30.1 Å². The van der Waals surface area contributed by atoms with E-state index in [1.165, 1.54) is 0 Å². The van der Waals surface area contributed by atoms with Crippen LogP contribution in [0.2, 0.25) is 0 Å². The number of pyridine rings is 1. The Morgan fingerprint density at radius 3 is 2.75 bits per heavy atom. The summed E-state index contributed by atoms with van der Waals surface area (Å²) >= 11 is 0. The summed E-state index contributed by atoms with van der Waals surface area (Å²) in [6, 6.07) is 8.97. The van der Waals surface area contributed by atoms with Gasteiger partial charge in [-0.25, -0.2) is 4.79 Å². The molecule has 3 N–H and O–H groups in total. The van der Waals surface area contributed by atoms with E-state index in [2.05, 4.69) is 10.3 Å². The highest BCUT2D eigenvalue weighted by atomic mass is 16.5. The van der Waals surface area contributed by atoms with Gasteiger partial charge < -0.3 is 15.8 Å². The van der Waals surface area contributed by atoms with Gasteiger partial charge in [0.2, 0.25) is 0 Å². The summed E-state index contributed by atoms with van der Waals surface area (Å²) in [6.45, 7) is 2.70. The second kappa shape index (κ2) is 6.56. The number of hydrogen-bond acceptors (Lipinski definition) is 5. The maximum atomic E-state index is 11.9. The lowest BCUT2D eigenvalue weighted by Gasteiger charge is -2.12. The van der Waals surface area contributed by atoms with Crippen molar-refractivity contribution in [1.29, 1.82) is 0 Å². The lowest BCUT2D eigenvalue weighted by molar-refractivity contribution is 0.0527. The quantitative estimate of drug-likeness (QED) is 0.645. The molecule has 0 saturated heterocycles. The highest BCUT2D eigenvalue weighted by Gasteiger charge is 2.12. The van der Waals surface area contributed by atoms with Gasteiger partial charge in [-0.15, -0.1) is 0 Å². The molecule has 0 aliphatic heterocycles. The first-order valence-corrected chi connectivity index (χ1v) is 6.40. The molecule has 5 heteroatoms. The van der Waals surface area contributed by atoms with Gasteiger partial charge in [0, 0.05) is 30.3 Å². The molecular weight excluding hydrogens is 254 g/mol. The minimum Gasteiger partial charge on any atom is -0.462 e. The molecule has 0 aliphatic carbocycles. The Morgan fingerprint density at radius 2 is 2.05 bits per heavy atom. The molecule has 0 bridgehead atoms. The van der Waals surface area contributed by atoms with Gasteiger partial charge >= 0.3 is 5.97 Å². The van der Waals surface area contributed by atoms with E-state index in [1.807, 2.05) is 12.1 Å². The van der Waals surface area contributed by atoms with Gasteiger partial charge in [-0.05, 0) is 42.8 Å². The van der Waals surface area contributed by atoms with Crippen LogP contribution in [0.25, 0.3) is 0 Å². The van der Waals surface area contributed by atoms with Gasteiger partial charge in [-0.3, -0.25) is 4.98 Å². The fourth-order valence-electron chi connectivity index (χ4n) is 1.79. The second-order valence-electron chi connectivity index (χ2n) is 4.23. The normalized spacial score (nSPS) is 10.1. The molecule has 1 heterocycles. The van der Waals surface area contributed by atoms with Crippen LogP contribution in [0.5, 0.6) is 0 Å². The maximum absolute atomic E-state index is 11.9. The fourth-order valence-corrected chi connectivity index (χ4v) is 1.79. The minimum absolute atomic E-state index is 0.331. The van der Waals surface area contributed by atoms with E-state index in [4.69, 9.17) is 10.5 Å². The number of hydrogen-bond donors (Lipinski definition) is 2. The van der Waals surface area contributed by atoms with Crippen molar-refractivity contribution in [2.75, 3.05) is 17.7 Å². The number of nitrogens with zero attached hydrogens (tertiary/aromatic N) is 1. The number of benzene rings is 1. The molecule has 0 aliphatic rings. The predicted octanol–water partition coefficient (Wildman–Crippen LogP) is 2.45. The van der Waals surface area contributed by atoms with E-state index in [1.54, 1.807) is 37.5 Å². The first-order valence-electron chi connectivity index (χ1n) is 6.40. The lowest BCUT2D eigenvalue weighted by Crippen LogP contribution is -2.10. The lowest BCUT2D eigenvalue weighted by atomic mass is 10.1. The van der Waals surface area contributed by atoms with E-state index in [9.17, 15) is 4.79 Å². The zero-order valence-electron chi connectivity index (χ0n) is 11.3. The number of ether oxygens (including phenoxy) is 1. The zero-order chi connectivity index (χ0) is 14.4. The molecule has 0 atom stereocenters. The third-order valence-electron chi connectivity index (χ3n) is 2.77. The van der Waals surface area contributed by atoms with Crippen LogP contribution in [-0.4, -0.2) is 17.6 Å². The molecule has 20 heavy (non-hydrogen) atoms. The summed E-state index contributed by atoms with van der Waals surface area (Å²) in [5.41, 5.74) is 8.48. The van der Waals surface area contributed by atoms with Crippen molar-refractivity contribution in [3.05, 3.63) is 53.9 Å². The molecule has 2 rings (SSSR count). The van der Waals surface area contributed by atoms with Gasteiger partial charge in [-0.1, -0.05) is 0 Å². The van der Waals surface area contributed by atoms with Crippen LogP contribution in [0.1, 0.15) is 22.8 Å². The Kier molecular flexibility index (Phi) is 4.55. The average molecular weight is 271 g/mol. The van der Waals surface area contributed by atoms with Crippen LogP contribution in [-0.2, 0) is 11.3 Å². The third kappa shape index (κ3) is 3.47. The molecule has 0 spiro atoms. The van der Waals surface area contributed by atoms with Gasteiger partial charge in [0.05, 0.1) is 12.2 Å². The number of rotatable bonds is 5. The monoisotopic (exact) mass is 271 g/mol. The van der Waals surface area contributed by atoms with E-state index in [0.717, 1.165) is 5.56 Å². The SMILES string of the molecule is CCOC(=O)c1cc(N)ccc1NCc1ccncc1. The second-order valence-corrected chi connectivity index (χ2v) is 4.23. The molecule has 5 nitrogen and oxygen atoms in total. The largest absolute Gasteiger partial charge is 0.462 e. The molecule has 104 valence electrons. The van der Waals surface area contributed by atoms with E-state index in [-0.39, 0.29) is 5.97 Å². The molecule has 0 fully saturated rings. The first-order chi connectivity index (χ1) is 9.70. The number of aromatic nitrogens is 1. The molecule has 0 radical (unpaired) electrons. The maximum Gasteiger partial charge on any atom is 0.340 e. The molecular formula is C15H17N3O2. The van der Waals surface area contributed by atoms with Gasteiger partial charge in [0.25, 0.3) is 0 Å². The summed E-state index contributed by atoms with van der Waals surface area (Å²) in [6.07, 6.45) is 3.46. The predicted molar refractivity (Wildman–Crippen MR) is 78.4 cm³/mol. The number of nitrogens with two attached hydrogens (primary N) is 1. The summed E-state index contributed by atoms with van der Waals surface area (Å²) in [5.74, 6) is -0.378. The Labute approximate surface area is 117 Å². The summed E-state index contributed by atoms with van der Waals surface area (Å²) in [4.78, 5) is 15.9. The summed E-state index contributed by atoms with van der Waals surface area (Å²) in [7, 11) is 0. The molecule has 1 aromatic carbocycles. The van der Waals surface area contributed by atoms with Crippen molar-refractivity contribution in [2.24, 2.45) is 0 Å². The van der Waals surface area contributed by atoms with E-state index < -0.39 is 0 Å². The highest BCUT2D eigenvalue weighted by molar-refractivity contribution is 5.96. The molecule has 0 saturated carbocycles. The number of anilines is 2. The van der Waals surface area contributed by atoms with Crippen LogP contribution in [0.3, 0.4) is 0 Å². The zero-order valence-corrected chi connectivity index (χ0v) is 11.3. The smallest absolute Gasteiger partial charge is 0.340 e.